The Kier molecular flexibility index (Phi) is 8.19. The lowest BCUT2D eigenvalue weighted by Gasteiger charge is -2.34. The van der Waals surface area contributed by atoms with E-state index in [2.05, 4.69) is 17.9 Å². The number of alkyl halides is 5. The van der Waals surface area contributed by atoms with Crippen LogP contribution in [0.15, 0.2) is 37.4 Å². The minimum absolute atomic E-state index is 0.0242. The number of benzene rings is 1. The molecule has 0 amide bonds. The Labute approximate surface area is 190 Å². The minimum Gasteiger partial charge on any atom is -0.432 e. The molecule has 1 heterocycles. The van der Waals surface area contributed by atoms with Crippen LogP contribution in [-0.2, 0) is 10.9 Å². The average molecular weight is 477 g/mol. The van der Waals surface area contributed by atoms with Gasteiger partial charge in [0.15, 0.2) is 0 Å². The molecule has 0 aromatic heterocycles. The van der Waals surface area contributed by atoms with Crippen LogP contribution < -0.4 is 4.74 Å². The SMILES string of the molecule is C=CCCC1CCC(C(F)(F)Oc2ccc(C3CCC(C=C)OC3)c(F)c2C(F)(F)F)CC1. The Bertz CT molecular complexity index is 819. The molecule has 2 fully saturated rings. The van der Waals surface area contributed by atoms with Gasteiger partial charge in [0.2, 0.25) is 0 Å². The van der Waals surface area contributed by atoms with E-state index in [4.69, 9.17) is 4.74 Å². The van der Waals surface area contributed by atoms with Crippen molar-refractivity contribution >= 4 is 0 Å². The first-order valence-electron chi connectivity index (χ1n) is 11.4. The second kappa shape index (κ2) is 10.5. The molecular weight excluding hydrogens is 446 g/mol. The van der Waals surface area contributed by atoms with Crippen molar-refractivity contribution in [2.75, 3.05) is 6.61 Å². The van der Waals surface area contributed by atoms with Crippen LogP contribution in [-0.4, -0.2) is 18.8 Å². The van der Waals surface area contributed by atoms with Gasteiger partial charge < -0.3 is 9.47 Å². The van der Waals surface area contributed by atoms with Crippen molar-refractivity contribution in [2.45, 2.75) is 75.7 Å². The van der Waals surface area contributed by atoms with E-state index in [1.54, 1.807) is 12.2 Å². The molecule has 0 N–H and O–H groups in total. The van der Waals surface area contributed by atoms with Crippen LogP contribution in [0.2, 0.25) is 0 Å². The molecule has 3 rings (SSSR count). The van der Waals surface area contributed by atoms with E-state index in [9.17, 15) is 22.0 Å². The molecule has 1 aromatic carbocycles. The summed E-state index contributed by atoms with van der Waals surface area (Å²) in [5, 5.41) is 0. The van der Waals surface area contributed by atoms with Crippen LogP contribution in [0.5, 0.6) is 5.75 Å². The lowest BCUT2D eigenvalue weighted by atomic mass is 9.79. The van der Waals surface area contributed by atoms with Gasteiger partial charge in [0.05, 0.1) is 18.6 Å². The first-order chi connectivity index (χ1) is 15.6. The lowest BCUT2D eigenvalue weighted by Crippen LogP contribution is -2.38. The number of allylic oxidation sites excluding steroid dienone is 1. The van der Waals surface area contributed by atoms with E-state index in [-0.39, 0.29) is 37.0 Å². The van der Waals surface area contributed by atoms with Gasteiger partial charge in [-0.25, -0.2) is 4.39 Å². The van der Waals surface area contributed by atoms with Crippen molar-refractivity contribution in [2.24, 2.45) is 11.8 Å². The maximum Gasteiger partial charge on any atom is 0.422 e. The van der Waals surface area contributed by atoms with Gasteiger partial charge >= 0.3 is 12.3 Å². The Morgan fingerprint density at radius 1 is 1.00 bits per heavy atom. The molecule has 33 heavy (non-hydrogen) atoms. The molecule has 0 radical (unpaired) electrons. The highest BCUT2D eigenvalue weighted by atomic mass is 19.4. The second-order valence-corrected chi connectivity index (χ2v) is 8.97. The third-order valence-electron chi connectivity index (χ3n) is 6.78. The lowest BCUT2D eigenvalue weighted by molar-refractivity contribution is -0.226. The molecular formula is C25H30F6O2. The minimum atomic E-state index is -5.19. The highest BCUT2D eigenvalue weighted by molar-refractivity contribution is 5.42. The first-order valence-corrected chi connectivity index (χ1v) is 11.4. The third-order valence-corrected chi connectivity index (χ3v) is 6.78. The van der Waals surface area contributed by atoms with E-state index in [1.807, 2.05) is 0 Å². The molecule has 2 unspecified atom stereocenters. The largest absolute Gasteiger partial charge is 0.432 e. The van der Waals surface area contributed by atoms with Crippen molar-refractivity contribution in [3.8, 4) is 5.75 Å². The molecule has 1 saturated heterocycles. The molecule has 1 aromatic rings. The van der Waals surface area contributed by atoms with E-state index in [0.717, 1.165) is 25.0 Å². The summed E-state index contributed by atoms with van der Waals surface area (Å²) in [5.74, 6) is -4.29. The molecule has 1 saturated carbocycles. The predicted molar refractivity (Wildman–Crippen MR) is 114 cm³/mol. The van der Waals surface area contributed by atoms with Crippen molar-refractivity contribution < 1.29 is 35.8 Å². The molecule has 2 atom stereocenters. The van der Waals surface area contributed by atoms with Crippen molar-refractivity contribution in [1.29, 1.82) is 0 Å². The number of ether oxygens (including phenoxy) is 2. The van der Waals surface area contributed by atoms with Crippen LogP contribution in [0.25, 0.3) is 0 Å². The fourth-order valence-electron chi connectivity index (χ4n) is 4.81. The van der Waals surface area contributed by atoms with Crippen LogP contribution >= 0.6 is 0 Å². The van der Waals surface area contributed by atoms with E-state index in [0.29, 0.717) is 25.7 Å². The maximum atomic E-state index is 15.1. The van der Waals surface area contributed by atoms with Crippen LogP contribution in [0.3, 0.4) is 0 Å². The number of hydrogen-bond acceptors (Lipinski definition) is 2. The Hall–Kier alpha value is -1.96. The molecule has 1 aliphatic heterocycles. The van der Waals surface area contributed by atoms with E-state index >= 15 is 4.39 Å². The van der Waals surface area contributed by atoms with Gasteiger partial charge in [-0.1, -0.05) is 18.2 Å². The number of rotatable bonds is 8. The predicted octanol–water partition coefficient (Wildman–Crippen LogP) is 8.04. The van der Waals surface area contributed by atoms with Crippen molar-refractivity contribution in [1.82, 2.24) is 0 Å². The van der Waals surface area contributed by atoms with E-state index in [1.165, 1.54) is 0 Å². The van der Waals surface area contributed by atoms with E-state index < -0.39 is 41.3 Å². The highest BCUT2D eigenvalue weighted by Gasteiger charge is 2.47. The van der Waals surface area contributed by atoms with Gasteiger partial charge in [0, 0.05) is 5.92 Å². The normalized spacial score (nSPS) is 26.6. The summed E-state index contributed by atoms with van der Waals surface area (Å²) in [6, 6.07) is 1.91. The summed E-state index contributed by atoms with van der Waals surface area (Å²) >= 11 is 0. The van der Waals surface area contributed by atoms with Crippen LogP contribution in [0.4, 0.5) is 26.3 Å². The Balaban J connectivity index is 1.79. The summed E-state index contributed by atoms with van der Waals surface area (Å²) in [5.41, 5.74) is -1.99. The summed E-state index contributed by atoms with van der Waals surface area (Å²) in [6.45, 7) is 7.28. The van der Waals surface area contributed by atoms with Gasteiger partial charge in [-0.15, -0.1) is 13.2 Å². The molecule has 2 nitrogen and oxygen atoms in total. The molecule has 184 valence electrons. The molecule has 2 aliphatic rings. The highest BCUT2D eigenvalue weighted by Crippen LogP contribution is 2.46. The molecule has 8 heteroatoms. The Morgan fingerprint density at radius 2 is 1.70 bits per heavy atom. The van der Waals surface area contributed by atoms with Crippen LogP contribution in [0.1, 0.15) is 68.4 Å². The van der Waals surface area contributed by atoms with Gasteiger partial charge in [-0.2, -0.15) is 22.0 Å². The molecule has 0 spiro atoms. The zero-order chi connectivity index (χ0) is 24.2. The topological polar surface area (TPSA) is 18.5 Å². The standard InChI is InChI=1S/C25H30F6O2/c1-3-5-6-16-7-10-18(11-8-16)25(30,31)33-21-14-13-20(23(26)22(21)24(27,28)29)17-9-12-19(4-2)32-15-17/h3-4,13-14,16-19H,1-2,5-12,15H2. The summed E-state index contributed by atoms with van der Waals surface area (Å²) in [6.07, 6.45) is -1.99. The van der Waals surface area contributed by atoms with Crippen molar-refractivity contribution in [3.63, 3.8) is 0 Å². The summed E-state index contributed by atoms with van der Waals surface area (Å²) in [4.78, 5) is 0. The van der Waals surface area contributed by atoms with Gasteiger partial charge in [0.1, 0.15) is 17.1 Å². The van der Waals surface area contributed by atoms with Crippen LogP contribution in [0, 0.1) is 17.7 Å². The van der Waals surface area contributed by atoms with Gasteiger partial charge in [0.25, 0.3) is 0 Å². The molecule has 0 bridgehead atoms. The average Bonchev–Trinajstić information content (AvgIpc) is 2.77. The maximum absolute atomic E-state index is 15.1. The van der Waals surface area contributed by atoms with Gasteiger partial charge in [-0.3, -0.25) is 0 Å². The number of halogens is 6. The van der Waals surface area contributed by atoms with Gasteiger partial charge in [-0.05, 0) is 68.9 Å². The summed E-state index contributed by atoms with van der Waals surface area (Å²) < 4.78 is 96.1. The number of hydrogen-bond donors (Lipinski definition) is 0. The summed E-state index contributed by atoms with van der Waals surface area (Å²) in [7, 11) is 0. The monoisotopic (exact) mass is 476 g/mol. The Morgan fingerprint density at radius 3 is 2.24 bits per heavy atom. The second-order valence-electron chi connectivity index (χ2n) is 8.97. The zero-order valence-corrected chi connectivity index (χ0v) is 18.5. The third kappa shape index (κ3) is 6.14. The smallest absolute Gasteiger partial charge is 0.422 e. The fraction of sp³-hybridized carbons (Fsp3) is 0.600. The fourth-order valence-corrected chi connectivity index (χ4v) is 4.81. The molecule has 1 aliphatic carbocycles. The zero-order valence-electron chi connectivity index (χ0n) is 18.5. The van der Waals surface area contributed by atoms with Crippen molar-refractivity contribution in [3.05, 3.63) is 54.4 Å². The first kappa shape index (κ1) is 25.7. The quantitative estimate of drug-likeness (QED) is 0.279.